The summed E-state index contributed by atoms with van der Waals surface area (Å²) in [6.45, 7) is 4.13. The van der Waals surface area contributed by atoms with Crippen molar-refractivity contribution in [2.75, 3.05) is 18.3 Å². The Kier molecular flexibility index (Phi) is 6.41. The Labute approximate surface area is 154 Å². The topological polar surface area (TPSA) is 81.1 Å². The lowest BCUT2D eigenvalue weighted by atomic mass is 10.2. The molecule has 128 valence electrons. The van der Waals surface area contributed by atoms with Crippen molar-refractivity contribution in [2.24, 2.45) is 0 Å². The number of nitrogens with one attached hydrogen (secondary N) is 2. The molecule has 0 aliphatic rings. The highest BCUT2D eigenvalue weighted by Crippen LogP contribution is 2.25. The van der Waals surface area contributed by atoms with Crippen molar-refractivity contribution in [3.8, 4) is 5.75 Å². The lowest BCUT2D eigenvalue weighted by Gasteiger charge is -2.13. The molecule has 7 nitrogen and oxygen atoms in total. The summed E-state index contributed by atoms with van der Waals surface area (Å²) in [4.78, 5) is 12.3. The van der Waals surface area contributed by atoms with Crippen LogP contribution < -0.4 is 15.5 Å². The molecule has 0 atom stereocenters. The predicted octanol–water partition coefficient (Wildman–Crippen LogP) is 2.62. The van der Waals surface area contributed by atoms with Crippen molar-refractivity contribution in [1.82, 2.24) is 20.2 Å². The number of halogens is 1. The van der Waals surface area contributed by atoms with Crippen LogP contribution in [0.3, 0.4) is 0 Å². The van der Waals surface area contributed by atoms with Crippen LogP contribution in [0, 0.1) is 6.92 Å². The molecule has 1 aromatic carbocycles. The number of thiocarbonyl (C=S) groups is 1. The number of benzene rings is 1. The van der Waals surface area contributed by atoms with Crippen molar-refractivity contribution < 1.29 is 9.53 Å². The van der Waals surface area contributed by atoms with Gasteiger partial charge in [-0.3, -0.25) is 15.5 Å². The zero-order chi connectivity index (χ0) is 17.7. The van der Waals surface area contributed by atoms with Crippen molar-refractivity contribution in [2.45, 2.75) is 19.0 Å². The van der Waals surface area contributed by atoms with E-state index in [9.17, 15) is 4.79 Å². The van der Waals surface area contributed by atoms with E-state index in [2.05, 4.69) is 20.9 Å². The fraction of sp³-hybridized carbons (Fsp3) is 0.286. The molecule has 0 spiro atoms. The van der Waals surface area contributed by atoms with Gasteiger partial charge in [0, 0.05) is 5.56 Å². The average Bonchev–Trinajstić information content (AvgIpc) is 2.89. The molecule has 0 saturated carbocycles. The molecule has 2 N–H and O–H groups in total. The first kappa shape index (κ1) is 18.5. The highest BCUT2D eigenvalue weighted by atomic mass is 35.5. The van der Waals surface area contributed by atoms with Crippen LogP contribution in [0.2, 0.25) is 5.02 Å². The summed E-state index contributed by atoms with van der Waals surface area (Å²) in [5.41, 5.74) is 3.24. The Morgan fingerprint density at radius 3 is 2.83 bits per heavy atom. The van der Waals surface area contributed by atoms with Gasteiger partial charge in [0.1, 0.15) is 11.6 Å². The quantitative estimate of drug-likeness (QED) is 0.604. The number of aryl methyl sites for hydroxylation is 1. The molecule has 1 heterocycles. The van der Waals surface area contributed by atoms with E-state index < -0.39 is 0 Å². The van der Waals surface area contributed by atoms with Gasteiger partial charge in [-0.25, -0.2) is 4.68 Å². The van der Waals surface area contributed by atoms with E-state index in [1.807, 2.05) is 13.2 Å². The van der Waals surface area contributed by atoms with Gasteiger partial charge in [0.25, 0.3) is 5.91 Å². The lowest BCUT2D eigenvalue weighted by Crippen LogP contribution is -2.38. The third kappa shape index (κ3) is 4.37. The maximum atomic E-state index is 12.3. The fourth-order valence-electron chi connectivity index (χ4n) is 1.82. The van der Waals surface area contributed by atoms with Crippen molar-refractivity contribution >= 4 is 46.6 Å². The molecule has 2 rings (SSSR count). The second-order valence-corrected chi connectivity index (χ2v) is 6.13. The second-order valence-electron chi connectivity index (χ2n) is 4.54. The number of thioether (sulfide) groups is 1. The zero-order valence-corrected chi connectivity index (χ0v) is 15.7. The Morgan fingerprint density at radius 1 is 1.46 bits per heavy atom. The molecule has 24 heavy (non-hydrogen) atoms. The minimum atomic E-state index is -0.381. The van der Waals surface area contributed by atoms with Crippen molar-refractivity contribution in [1.29, 1.82) is 0 Å². The van der Waals surface area contributed by atoms with Crippen LogP contribution in [-0.4, -0.2) is 38.8 Å². The number of carbonyl (C=O) groups is 1. The number of hydrogen-bond donors (Lipinski definition) is 2. The van der Waals surface area contributed by atoms with Gasteiger partial charge in [-0.05, 0) is 50.5 Å². The summed E-state index contributed by atoms with van der Waals surface area (Å²) < 4.78 is 6.94. The molecule has 2 aromatic rings. The van der Waals surface area contributed by atoms with Crippen LogP contribution in [0.4, 0.5) is 0 Å². The van der Waals surface area contributed by atoms with Crippen LogP contribution in [0.1, 0.15) is 23.1 Å². The predicted molar refractivity (Wildman–Crippen MR) is 98.6 cm³/mol. The minimum absolute atomic E-state index is 0.128. The van der Waals surface area contributed by atoms with Crippen molar-refractivity contribution in [3.05, 3.63) is 34.6 Å². The maximum absolute atomic E-state index is 12.3. The molecule has 1 aromatic heterocycles. The number of aromatic nitrogens is 3. The van der Waals surface area contributed by atoms with Crippen LogP contribution >= 0.6 is 35.6 Å². The highest BCUT2D eigenvalue weighted by Gasteiger charge is 2.13. The molecule has 0 radical (unpaired) electrons. The number of nitrogens with zero attached hydrogens (tertiary/aromatic N) is 3. The van der Waals surface area contributed by atoms with E-state index in [4.69, 9.17) is 28.6 Å². The van der Waals surface area contributed by atoms with E-state index in [0.29, 0.717) is 33.9 Å². The van der Waals surface area contributed by atoms with Gasteiger partial charge >= 0.3 is 0 Å². The first-order valence-electron chi connectivity index (χ1n) is 6.97. The van der Waals surface area contributed by atoms with Crippen molar-refractivity contribution in [3.63, 3.8) is 0 Å². The molecule has 0 unspecified atom stereocenters. The summed E-state index contributed by atoms with van der Waals surface area (Å²) in [5.74, 6) is 0.773. The van der Waals surface area contributed by atoms with E-state index in [-0.39, 0.29) is 11.0 Å². The first-order chi connectivity index (χ1) is 11.5. The fourth-order valence-corrected chi connectivity index (χ4v) is 2.73. The van der Waals surface area contributed by atoms with E-state index >= 15 is 0 Å². The number of amides is 1. The molecular weight excluding hydrogens is 370 g/mol. The smallest absolute Gasteiger partial charge is 0.257 e. The van der Waals surface area contributed by atoms with Crippen LogP contribution in [0.15, 0.2) is 23.4 Å². The lowest BCUT2D eigenvalue weighted by molar-refractivity contribution is 0.0977. The van der Waals surface area contributed by atoms with E-state index in [1.165, 1.54) is 17.8 Å². The summed E-state index contributed by atoms with van der Waals surface area (Å²) in [6, 6.07) is 4.79. The highest BCUT2D eigenvalue weighted by molar-refractivity contribution is 7.98. The Bertz CT molecular complexity index is 766. The summed E-state index contributed by atoms with van der Waals surface area (Å²) in [6.07, 6.45) is 1.87. The van der Waals surface area contributed by atoms with Gasteiger partial charge in [0.15, 0.2) is 5.11 Å². The molecule has 10 heteroatoms. The average molecular weight is 386 g/mol. The zero-order valence-electron chi connectivity index (χ0n) is 13.3. The molecule has 0 fully saturated rings. The van der Waals surface area contributed by atoms with Gasteiger partial charge in [0.05, 0.1) is 11.6 Å². The largest absolute Gasteiger partial charge is 0.492 e. The number of carbonyl (C=O) groups excluding carboxylic acids is 1. The molecule has 0 aliphatic carbocycles. The van der Waals surface area contributed by atoms with Gasteiger partial charge in [0.2, 0.25) is 5.16 Å². The van der Waals surface area contributed by atoms with Crippen LogP contribution in [0.5, 0.6) is 5.75 Å². The Morgan fingerprint density at radius 2 is 2.21 bits per heavy atom. The third-order valence-corrected chi connectivity index (χ3v) is 4.03. The molecule has 0 saturated heterocycles. The SMILES string of the molecule is CCOc1ccc(C(=O)NC(=S)Nn2c(C)nnc2SC)cc1Cl. The van der Waals surface area contributed by atoms with Crippen LogP contribution in [0.25, 0.3) is 0 Å². The second kappa shape index (κ2) is 8.32. The summed E-state index contributed by atoms with van der Waals surface area (Å²) in [5, 5.41) is 11.6. The molecule has 0 aliphatic heterocycles. The molecular formula is C14H16ClN5O2S2. The Balaban J connectivity index is 2.05. The number of ether oxygens (including phenoxy) is 1. The minimum Gasteiger partial charge on any atom is -0.492 e. The van der Waals surface area contributed by atoms with Gasteiger partial charge in [-0.1, -0.05) is 23.4 Å². The van der Waals surface area contributed by atoms with E-state index in [1.54, 1.807) is 23.7 Å². The monoisotopic (exact) mass is 385 g/mol. The van der Waals surface area contributed by atoms with Gasteiger partial charge < -0.3 is 4.74 Å². The summed E-state index contributed by atoms with van der Waals surface area (Å²) >= 11 is 12.7. The first-order valence-corrected chi connectivity index (χ1v) is 8.98. The van der Waals surface area contributed by atoms with E-state index in [0.717, 1.165) is 0 Å². The van der Waals surface area contributed by atoms with Gasteiger partial charge in [-0.15, -0.1) is 10.2 Å². The maximum Gasteiger partial charge on any atom is 0.257 e. The Hall–Kier alpha value is -1.84. The number of hydrogen-bond acceptors (Lipinski definition) is 6. The molecule has 0 bridgehead atoms. The summed E-state index contributed by atoms with van der Waals surface area (Å²) in [7, 11) is 0. The van der Waals surface area contributed by atoms with Crippen LogP contribution in [-0.2, 0) is 0 Å². The van der Waals surface area contributed by atoms with Gasteiger partial charge in [-0.2, -0.15) is 0 Å². The molecule has 1 amide bonds. The third-order valence-electron chi connectivity index (χ3n) is 2.91. The standard InChI is InChI=1S/C14H16ClN5O2S2/c1-4-22-11-6-5-9(7-10(11)15)12(21)16-13(23)19-20-8(2)17-18-14(20)24-3/h5-7H,4H2,1-3H3,(H2,16,19,21,23). The number of rotatable bonds is 5. The normalized spacial score (nSPS) is 10.3.